The van der Waals surface area contributed by atoms with Crippen molar-refractivity contribution in [3.05, 3.63) is 53.4 Å². The number of hydrogen-bond donors (Lipinski definition) is 1. The van der Waals surface area contributed by atoms with Gasteiger partial charge in [0.25, 0.3) is 0 Å². The van der Waals surface area contributed by atoms with Crippen LogP contribution in [0.3, 0.4) is 0 Å². The first kappa shape index (κ1) is 11.2. The maximum atomic E-state index is 6.23. The van der Waals surface area contributed by atoms with Gasteiger partial charge in [0.05, 0.1) is 16.1 Å². The van der Waals surface area contributed by atoms with Gasteiger partial charge in [0.1, 0.15) is 6.33 Å². The van der Waals surface area contributed by atoms with Crippen molar-refractivity contribution in [2.24, 2.45) is 5.73 Å². The summed E-state index contributed by atoms with van der Waals surface area (Å²) < 4.78 is 1.87. The first-order valence-electron chi connectivity index (χ1n) is 5.56. The second-order valence-corrected chi connectivity index (χ2v) is 4.36. The maximum Gasteiger partial charge on any atom is 0.157 e. The summed E-state index contributed by atoms with van der Waals surface area (Å²) in [6.07, 6.45) is 3.46. The molecule has 0 spiro atoms. The zero-order valence-corrected chi connectivity index (χ0v) is 10.3. The minimum Gasteiger partial charge on any atom is -0.326 e. The van der Waals surface area contributed by atoms with Gasteiger partial charge >= 0.3 is 0 Å². The average molecular weight is 259 g/mol. The van der Waals surface area contributed by atoms with Crippen molar-refractivity contribution in [3.8, 4) is 5.82 Å². The predicted molar refractivity (Wildman–Crippen MR) is 71.8 cm³/mol. The number of halogens is 1. The van der Waals surface area contributed by atoms with Gasteiger partial charge in [-0.1, -0.05) is 23.7 Å². The lowest BCUT2D eigenvalue weighted by molar-refractivity contribution is 0.988. The van der Waals surface area contributed by atoms with E-state index < -0.39 is 0 Å². The van der Waals surface area contributed by atoms with Gasteiger partial charge in [-0.25, -0.2) is 9.97 Å². The fourth-order valence-electron chi connectivity index (χ4n) is 1.89. The molecule has 0 saturated carbocycles. The van der Waals surface area contributed by atoms with E-state index in [1.165, 1.54) is 0 Å². The highest BCUT2D eigenvalue weighted by molar-refractivity contribution is 6.32. The lowest BCUT2D eigenvalue weighted by atomic mass is 10.3. The summed E-state index contributed by atoms with van der Waals surface area (Å²) in [4.78, 5) is 8.67. The fraction of sp³-hybridized carbons (Fsp3) is 0.0769. The van der Waals surface area contributed by atoms with E-state index in [2.05, 4.69) is 9.97 Å². The van der Waals surface area contributed by atoms with Crippen LogP contribution in [0.2, 0.25) is 5.02 Å². The molecular weight excluding hydrogens is 248 g/mol. The first-order valence-corrected chi connectivity index (χ1v) is 5.94. The molecule has 0 bridgehead atoms. The molecule has 0 fully saturated rings. The lowest BCUT2D eigenvalue weighted by Crippen LogP contribution is -2.01. The molecule has 0 saturated heterocycles. The number of para-hydroxylation sites is 2. The summed E-state index contributed by atoms with van der Waals surface area (Å²) in [5, 5.41) is 0.570. The van der Waals surface area contributed by atoms with E-state index in [-0.39, 0.29) is 0 Å². The van der Waals surface area contributed by atoms with Gasteiger partial charge < -0.3 is 5.73 Å². The van der Waals surface area contributed by atoms with Gasteiger partial charge in [0.2, 0.25) is 0 Å². The minimum atomic E-state index is 0.428. The summed E-state index contributed by atoms with van der Waals surface area (Å²) >= 11 is 6.23. The number of nitrogens with zero attached hydrogens (tertiary/aromatic N) is 3. The van der Waals surface area contributed by atoms with Gasteiger partial charge in [-0.2, -0.15) is 0 Å². The zero-order chi connectivity index (χ0) is 12.5. The number of aromatic nitrogens is 3. The van der Waals surface area contributed by atoms with E-state index in [9.17, 15) is 0 Å². The molecule has 2 aromatic heterocycles. The molecule has 3 aromatic rings. The van der Waals surface area contributed by atoms with Crippen molar-refractivity contribution >= 4 is 22.6 Å². The lowest BCUT2D eigenvalue weighted by Gasteiger charge is -2.06. The number of rotatable bonds is 2. The summed E-state index contributed by atoms with van der Waals surface area (Å²) in [5.41, 5.74) is 8.36. The molecule has 0 atom stereocenters. The van der Waals surface area contributed by atoms with Gasteiger partial charge in [-0.15, -0.1) is 0 Å². The van der Waals surface area contributed by atoms with Crippen LogP contribution in [-0.4, -0.2) is 14.5 Å². The maximum absolute atomic E-state index is 6.23. The van der Waals surface area contributed by atoms with Crippen LogP contribution in [0.15, 0.2) is 42.9 Å². The second-order valence-electron chi connectivity index (χ2n) is 3.96. The smallest absolute Gasteiger partial charge is 0.157 e. The Morgan fingerprint density at radius 1 is 1.22 bits per heavy atom. The van der Waals surface area contributed by atoms with Crippen LogP contribution in [-0.2, 0) is 6.54 Å². The van der Waals surface area contributed by atoms with Crippen molar-refractivity contribution in [2.75, 3.05) is 0 Å². The van der Waals surface area contributed by atoms with Crippen LogP contribution in [0.1, 0.15) is 5.56 Å². The van der Waals surface area contributed by atoms with Crippen LogP contribution < -0.4 is 5.73 Å². The highest BCUT2D eigenvalue weighted by atomic mass is 35.5. The van der Waals surface area contributed by atoms with Gasteiger partial charge in [0, 0.05) is 12.7 Å². The number of pyridine rings is 1. The Kier molecular flexibility index (Phi) is 2.74. The molecular formula is C13H11ClN4. The van der Waals surface area contributed by atoms with Crippen molar-refractivity contribution in [3.63, 3.8) is 0 Å². The molecule has 0 aliphatic heterocycles. The predicted octanol–water partition coefficient (Wildman–Crippen LogP) is 2.53. The molecule has 5 heteroatoms. The Bertz CT molecular complexity index is 705. The van der Waals surface area contributed by atoms with Crippen molar-refractivity contribution in [1.82, 2.24) is 14.5 Å². The topological polar surface area (TPSA) is 56.7 Å². The summed E-state index contributed by atoms with van der Waals surface area (Å²) in [7, 11) is 0. The standard InChI is InChI=1S/C13H11ClN4/c14-10-5-9(6-15)7-16-13(10)18-8-17-11-3-1-2-4-12(11)18/h1-5,7-8H,6,15H2. The van der Waals surface area contributed by atoms with E-state index in [0.29, 0.717) is 17.4 Å². The Labute approximate surface area is 109 Å². The molecule has 2 heterocycles. The molecule has 90 valence electrons. The number of fused-ring (bicyclic) bond motifs is 1. The molecule has 0 aliphatic rings. The molecule has 18 heavy (non-hydrogen) atoms. The normalized spacial score (nSPS) is 11.0. The average Bonchev–Trinajstić information content (AvgIpc) is 2.82. The van der Waals surface area contributed by atoms with E-state index in [0.717, 1.165) is 16.6 Å². The van der Waals surface area contributed by atoms with Crippen molar-refractivity contribution in [1.29, 1.82) is 0 Å². The van der Waals surface area contributed by atoms with Crippen molar-refractivity contribution < 1.29 is 0 Å². The minimum absolute atomic E-state index is 0.428. The number of imidazole rings is 1. The van der Waals surface area contributed by atoms with Gasteiger partial charge in [-0.3, -0.25) is 4.57 Å². The monoisotopic (exact) mass is 258 g/mol. The van der Waals surface area contributed by atoms with Gasteiger partial charge in [-0.05, 0) is 23.8 Å². The third kappa shape index (κ3) is 1.75. The molecule has 0 amide bonds. The molecule has 1 aromatic carbocycles. The first-order chi connectivity index (χ1) is 8.79. The van der Waals surface area contributed by atoms with Crippen LogP contribution in [0, 0.1) is 0 Å². The van der Waals surface area contributed by atoms with E-state index in [1.54, 1.807) is 12.5 Å². The third-order valence-electron chi connectivity index (χ3n) is 2.80. The van der Waals surface area contributed by atoms with Crippen LogP contribution >= 0.6 is 11.6 Å². The van der Waals surface area contributed by atoms with Gasteiger partial charge in [0.15, 0.2) is 5.82 Å². The summed E-state index contributed by atoms with van der Waals surface area (Å²) in [6.45, 7) is 0.428. The number of hydrogen-bond acceptors (Lipinski definition) is 3. The Morgan fingerprint density at radius 2 is 2.06 bits per heavy atom. The number of benzene rings is 1. The van der Waals surface area contributed by atoms with E-state index >= 15 is 0 Å². The fourth-order valence-corrected chi connectivity index (χ4v) is 2.17. The molecule has 0 aliphatic carbocycles. The highest BCUT2D eigenvalue weighted by Gasteiger charge is 2.09. The second kappa shape index (κ2) is 4.40. The highest BCUT2D eigenvalue weighted by Crippen LogP contribution is 2.23. The Hall–Kier alpha value is -1.91. The summed E-state index contributed by atoms with van der Waals surface area (Å²) in [6, 6.07) is 9.68. The van der Waals surface area contributed by atoms with Crippen molar-refractivity contribution in [2.45, 2.75) is 6.54 Å². The SMILES string of the molecule is NCc1cnc(-n2cnc3ccccc32)c(Cl)c1. The molecule has 4 nitrogen and oxygen atoms in total. The molecule has 3 rings (SSSR count). The van der Waals surface area contributed by atoms with E-state index in [4.69, 9.17) is 17.3 Å². The quantitative estimate of drug-likeness (QED) is 0.768. The van der Waals surface area contributed by atoms with Crippen LogP contribution in [0.5, 0.6) is 0 Å². The van der Waals surface area contributed by atoms with E-state index in [1.807, 2.05) is 34.9 Å². The zero-order valence-electron chi connectivity index (χ0n) is 9.55. The third-order valence-corrected chi connectivity index (χ3v) is 3.07. The van der Waals surface area contributed by atoms with Crippen LogP contribution in [0.25, 0.3) is 16.9 Å². The summed E-state index contributed by atoms with van der Waals surface area (Å²) in [5.74, 6) is 0.669. The van der Waals surface area contributed by atoms with Crippen LogP contribution in [0.4, 0.5) is 0 Å². The molecule has 0 radical (unpaired) electrons. The largest absolute Gasteiger partial charge is 0.326 e. The Morgan fingerprint density at radius 3 is 2.83 bits per heavy atom. The molecule has 2 N–H and O–H groups in total. The number of nitrogens with two attached hydrogens (primary N) is 1. The molecule has 0 unspecified atom stereocenters. The Balaban J connectivity index is 2.20.